The Balaban J connectivity index is 2.39. The van der Waals surface area contributed by atoms with Gasteiger partial charge in [-0.2, -0.15) is 4.31 Å². The SMILES string of the molecule is CCN(CC)S(=O)(=O)c1ccc(OC)c(C(=O)N2CCC(N)CC2)c1. The fourth-order valence-electron chi connectivity index (χ4n) is 3.00. The van der Waals surface area contributed by atoms with E-state index in [0.717, 1.165) is 12.8 Å². The molecule has 0 bridgehead atoms. The molecule has 1 amide bonds. The van der Waals surface area contributed by atoms with Crippen LogP contribution in [0.2, 0.25) is 0 Å². The number of amides is 1. The fourth-order valence-corrected chi connectivity index (χ4v) is 4.48. The molecule has 140 valence electrons. The highest BCUT2D eigenvalue weighted by Gasteiger charge is 2.27. The molecule has 8 heteroatoms. The zero-order valence-electron chi connectivity index (χ0n) is 15.1. The molecule has 0 aliphatic carbocycles. The van der Waals surface area contributed by atoms with Crippen molar-refractivity contribution in [2.24, 2.45) is 5.73 Å². The summed E-state index contributed by atoms with van der Waals surface area (Å²) in [5, 5.41) is 0. The third kappa shape index (κ3) is 4.13. The third-order valence-electron chi connectivity index (χ3n) is 4.57. The summed E-state index contributed by atoms with van der Waals surface area (Å²) >= 11 is 0. The van der Waals surface area contributed by atoms with E-state index in [4.69, 9.17) is 10.5 Å². The molecule has 0 saturated carbocycles. The highest BCUT2D eigenvalue weighted by molar-refractivity contribution is 7.89. The Hall–Kier alpha value is -1.64. The predicted molar refractivity (Wildman–Crippen MR) is 96.2 cm³/mol. The highest BCUT2D eigenvalue weighted by Crippen LogP contribution is 2.26. The number of hydrogen-bond acceptors (Lipinski definition) is 5. The lowest BCUT2D eigenvalue weighted by molar-refractivity contribution is 0.0711. The number of nitrogens with two attached hydrogens (primary N) is 1. The predicted octanol–water partition coefficient (Wildman–Crippen LogP) is 1.29. The van der Waals surface area contributed by atoms with Crippen molar-refractivity contribution in [1.29, 1.82) is 0 Å². The van der Waals surface area contributed by atoms with E-state index in [1.54, 1.807) is 24.8 Å². The minimum Gasteiger partial charge on any atom is -0.496 e. The smallest absolute Gasteiger partial charge is 0.257 e. The van der Waals surface area contributed by atoms with E-state index in [-0.39, 0.29) is 22.4 Å². The number of methoxy groups -OCH3 is 1. The van der Waals surface area contributed by atoms with Gasteiger partial charge in [-0.05, 0) is 31.0 Å². The zero-order valence-corrected chi connectivity index (χ0v) is 15.9. The number of benzene rings is 1. The highest BCUT2D eigenvalue weighted by atomic mass is 32.2. The maximum Gasteiger partial charge on any atom is 0.257 e. The van der Waals surface area contributed by atoms with Gasteiger partial charge in [0.25, 0.3) is 5.91 Å². The van der Waals surface area contributed by atoms with Crippen molar-refractivity contribution in [1.82, 2.24) is 9.21 Å². The number of rotatable bonds is 6. The Morgan fingerprint density at radius 1 is 1.28 bits per heavy atom. The summed E-state index contributed by atoms with van der Waals surface area (Å²) in [6.45, 7) is 5.45. The first-order valence-corrected chi connectivity index (χ1v) is 10.0. The second-order valence-electron chi connectivity index (χ2n) is 6.08. The van der Waals surface area contributed by atoms with E-state index in [1.807, 2.05) is 0 Å². The molecule has 1 heterocycles. The molecular weight excluding hydrogens is 342 g/mol. The number of carbonyl (C=O) groups is 1. The lowest BCUT2D eigenvalue weighted by Crippen LogP contribution is -2.43. The van der Waals surface area contributed by atoms with Crippen LogP contribution in [0.5, 0.6) is 5.75 Å². The lowest BCUT2D eigenvalue weighted by atomic mass is 10.0. The first kappa shape index (κ1) is 19.7. The monoisotopic (exact) mass is 369 g/mol. The van der Waals surface area contributed by atoms with Gasteiger partial charge in [0.15, 0.2) is 0 Å². The van der Waals surface area contributed by atoms with Crippen molar-refractivity contribution in [2.45, 2.75) is 37.6 Å². The van der Waals surface area contributed by atoms with Crippen LogP contribution in [0.15, 0.2) is 23.1 Å². The molecule has 0 atom stereocenters. The molecule has 1 aromatic carbocycles. The van der Waals surface area contributed by atoms with Crippen LogP contribution in [0.25, 0.3) is 0 Å². The largest absolute Gasteiger partial charge is 0.496 e. The second kappa shape index (κ2) is 8.16. The maximum atomic E-state index is 12.9. The third-order valence-corrected chi connectivity index (χ3v) is 6.62. The van der Waals surface area contributed by atoms with Crippen molar-refractivity contribution < 1.29 is 17.9 Å². The Kier molecular flexibility index (Phi) is 6.42. The number of sulfonamides is 1. The quantitative estimate of drug-likeness (QED) is 0.816. The normalized spacial score (nSPS) is 16.3. The molecule has 0 aromatic heterocycles. The topological polar surface area (TPSA) is 92.9 Å². The lowest BCUT2D eigenvalue weighted by Gasteiger charge is -2.30. The van der Waals surface area contributed by atoms with Gasteiger partial charge in [-0.25, -0.2) is 8.42 Å². The summed E-state index contributed by atoms with van der Waals surface area (Å²) in [7, 11) is -2.17. The average Bonchev–Trinajstić information content (AvgIpc) is 2.62. The Morgan fingerprint density at radius 3 is 2.40 bits per heavy atom. The molecule has 2 rings (SSSR count). The van der Waals surface area contributed by atoms with Gasteiger partial charge in [-0.3, -0.25) is 4.79 Å². The zero-order chi connectivity index (χ0) is 18.6. The van der Waals surface area contributed by atoms with Gasteiger partial charge in [0, 0.05) is 32.2 Å². The molecule has 2 N–H and O–H groups in total. The average molecular weight is 369 g/mol. The van der Waals surface area contributed by atoms with E-state index in [1.165, 1.54) is 23.5 Å². The number of hydrogen-bond donors (Lipinski definition) is 1. The van der Waals surface area contributed by atoms with Gasteiger partial charge in [0.1, 0.15) is 5.75 Å². The molecule has 0 spiro atoms. The molecular formula is C17H27N3O4S. The van der Waals surface area contributed by atoms with Crippen LogP contribution in [-0.4, -0.2) is 62.9 Å². The molecule has 1 fully saturated rings. The van der Waals surface area contributed by atoms with Crippen molar-refractivity contribution >= 4 is 15.9 Å². The maximum absolute atomic E-state index is 12.9. The number of piperidine rings is 1. The number of ether oxygens (including phenoxy) is 1. The minimum atomic E-state index is -3.63. The van der Waals surface area contributed by atoms with Crippen LogP contribution in [-0.2, 0) is 10.0 Å². The van der Waals surface area contributed by atoms with Crippen LogP contribution in [0, 0.1) is 0 Å². The van der Waals surface area contributed by atoms with Gasteiger partial charge in [-0.1, -0.05) is 13.8 Å². The standard InChI is InChI=1S/C17H27N3O4S/c1-4-20(5-2)25(22,23)14-6-7-16(24-3)15(12-14)17(21)19-10-8-13(18)9-11-19/h6-7,12-13H,4-5,8-11,18H2,1-3H3. The van der Waals surface area contributed by atoms with E-state index in [9.17, 15) is 13.2 Å². The van der Waals surface area contributed by atoms with Crippen molar-refractivity contribution in [3.8, 4) is 5.75 Å². The number of nitrogens with zero attached hydrogens (tertiary/aromatic N) is 2. The van der Waals surface area contributed by atoms with E-state index in [2.05, 4.69) is 0 Å². The van der Waals surface area contributed by atoms with Crippen LogP contribution in [0.3, 0.4) is 0 Å². The summed E-state index contributed by atoms with van der Waals surface area (Å²) in [6, 6.07) is 4.55. The second-order valence-corrected chi connectivity index (χ2v) is 8.02. The molecule has 0 unspecified atom stereocenters. The first-order valence-electron chi connectivity index (χ1n) is 8.58. The van der Waals surface area contributed by atoms with E-state index < -0.39 is 10.0 Å². The van der Waals surface area contributed by atoms with Crippen LogP contribution in [0.4, 0.5) is 0 Å². The Bertz CT molecular complexity index is 709. The minimum absolute atomic E-state index is 0.106. The molecule has 0 radical (unpaired) electrons. The van der Waals surface area contributed by atoms with Crippen molar-refractivity contribution in [3.63, 3.8) is 0 Å². The molecule has 7 nitrogen and oxygen atoms in total. The summed E-state index contributed by atoms with van der Waals surface area (Å²) in [5.41, 5.74) is 6.16. The molecule has 25 heavy (non-hydrogen) atoms. The molecule has 1 aliphatic rings. The van der Waals surface area contributed by atoms with Gasteiger partial charge in [0.2, 0.25) is 10.0 Å². The van der Waals surface area contributed by atoms with E-state index >= 15 is 0 Å². The summed E-state index contributed by atoms with van der Waals surface area (Å²) < 4.78 is 32.1. The van der Waals surface area contributed by atoms with E-state index in [0.29, 0.717) is 31.9 Å². The van der Waals surface area contributed by atoms with Crippen LogP contribution < -0.4 is 10.5 Å². The summed E-state index contributed by atoms with van der Waals surface area (Å²) in [5.74, 6) is 0.152. The first-order chi connectivity index (χ1) is 11.8. The fraction of sp³-hybridized carbons (Fsp3) is 0.588. The summed E-state index contributed by atoms with van der Waals surface area (Å²) in [6.07, 6.45) is 1.48. The van der Waals surface area contributed by atoms with Crippen LogP contribution in [0.1, 0.15) is 37.0 Å². The molecule has 1 aromatic rings. The van der Waals surface area contributed by atoms with Crippen molar-refractivity contribution in [3.05, 3.63) is 23.8 Å². The van der Waals surface area contributed by atoms with Crippen molar-refractivity contribution in [2.75, 3.05) is 33.3 Å². The molecule has 1 saturated heterocycles. The molecule has 1 aliphatic heterocycles. The Labute approximate surface area is 149 Å². The number of carbonyl (C=O) groups excluding carboxylic acids is 1. The van der Waals surface area contributed by atoms with Gasteiger partial charge >= 0.3 is 0 Å². The van der Waals surface area contributed by atoms with Crippen LogP contribution >= 0.6 is 0 Å². The van der Waals surface area contributed by atoms with Gasteiger partial charge in [-0.15, -0.1) is 0 Å². The van der Waals surface area contributed by atoms with Gasteiger partial charge in [0.05, 0.1) is 17.6 Å². The summed E-state index contributed by atoms with van der Waals surface area (Å²) in [4.78, 5) is 14.7. The number of likely N-dealkylation sites (tertiary alicyclic amines) is 1. The Morgan fingerprint density at radius 2 is 1.88 bits per heavy atom. The van der Waals surface area contributed by atoms with Gasteiger partial charge < -0.3 is 15.4 Å².